The standard InChI is InChI=1S/C6H5F3N4O3/c7-6(8,9)2-16-4-3(13(14)15)1-11-5(10)12-4/h1H,2H2,(H2,10,11,12). The summed E-state index contributed by atoms with van der Waals surface area (Å²) in [4.78, 5) is 15.9. The smallest absolute Gasteiger partial charge is 0.422 e. The number of nitro groups is 1. The maximum absolute atomic E-state index is 11.8. The minimum atomic E-state index is -4.62. The summed E-state index contributed by atoms with van der Waals surface area (Å²) in [6.07, 6.45) is -3.94. The lowest BCUT2D eigenvalue weighted by Gasteiger charge is -2.08. The first-order chi connectivity index (χ1) is 7.29. The van der Waals surface area contributed by atoms with Crippen LogP contribution < -0.4 is 10.5 Å². The maximum atomic E-state index is 11.8. The third kappa shape index (κ3) is 3.22. The van der Waals surface area contributed by atoms with Gasteiger partial charge < -0.3 is 10.5 Å². The molecule has 0 bridgehead atoms. The number of nitrogen functional groups attached to an aromatic ring is 1. The number of nitrogens with two attached hydrogens (primary N) is 1. The molecule has 0 spiro atoms. The van der Waals surface area contributed by atoms with E-state index >= 15 is 0 Å². The van der Waals surface area contributed by atoms with Crippen LogP contribution in [-0.2, 0) is 0 Å². The van der Waals surface area contributed by atoms with Crippen molar-refractivity contribution in [1.29, 1.82) is 0 Å². The van der Waals surface area contributed by atoms with E-state index in [9.17, 15) is 23.3 Å². The van der Waals surface area contributed by atoms with E-state index in [1.807, 2.05) is 0 Å². The number of anilines is 1. The van der Waals surface area contributed by atoms with Gasteiger partial charge in [-0.25, -0.2) is 4.98 Å². The van der Waals surface area contributed by atoms with Gasteiger partial charge in [-0.2, -0.15) is 18.2 Å². The van der Waals surface area contributed by atoms with Crippen molar-refractivity contribution >= 4 is 11.6 Å². The van der Waals surface area contributed by atoms with Gasteiger partial charge in [0.15, 0.2) is 6.61 Å². The van der Waals surface area contributed by atoms with Gasteiger partial charge in [0.05, 0.1) is 4.92 Å². The van der Waals surface area contributed by atoms with Crippen molar-refractivity contribution in [2.75, 3.05) is 12.3 Å². The number of aromatic nitrogens is 2. The second kappa shape index (κ2) is 4.16. The van der Waals surface area contributed by atoms with E-state index in [2.05, 4.69) is 14.7 Å². The molecule has 0 amide bonds. The first-order valence-electron chi connectivity index (χ1n) is 3.76. The third-order valence-electron chi connectivity index (χ3n) is 1.32. The molecule has 1 aromatic heterocycles. The summed E-state index contributed by atoms with van der Waals surface area (Å²) in [5.41, 5.74) is 4.28. The van der Waals surface area contributed by atoms with Crippen LogP contribution in [0.3, 0.4) is 0 Å². The van der Waals surface area contributed by atoms with Crippen molar-refractivity contribution in [3.8, 4) is 5.88 Å². The van der Waals surface area contributed by atoms with E-state index in [4.69, 9.17) is 5.73 Å². The lowest BCUT2D eigenvalue weighted by Crippen LogP contribution is -2.20. The van der Waals surface area contributed by atoms with Gasteiger partial charge >= 0.3 is 11.9 Å². The molecule has 0 saturated carbocycles. The van der Waals surface area contributed by atoms with Gasteiger partial charge in [0.1, 0.15) is 6.20 Å². The van der Waals surface area contributed by atoms with E-state index in [-0.39, 0.29) is 0 Å². The molecule has 0 fully saturated rings. The zero-order valence-corrected chi connectivity index (χ0v) is 7.56. The largest absolute Gasteiger partial charge is 0.463 e. The van der Waals surface area contributed by atoms with Crippen molar-refractivity contribution in [3.63, 3.8) is 0 Å². The van der Waals surface area contributed by atoms with Crippen LogP contribution in [0.4, 0.5) is 24.8 Å². The molecule has 0 unspecified atom stereocenters. The Bertz CT molecular complexity index is 408. The molecule has 88 valence electrons. The highest BCUT2D eigenvalue weighted by atomic mass is 19.4. The molecule has 0 aliphatic heterocycles. The van der Waals surface area contributed by atoms with E-state index < -0.39 is 35.2 Å². The van der Waals surface area contributed by atoms with Crippen LogP contribution >= 0.6 is 0 Å². The molecule has 0 saturated heterocycles. The van der Waals surface area contributed by atoms with Crippen molar-refractivity contribution in [2.45, 2.75) is 6.18 Å². The normalized spacial score (nSPS) is 11.2. The monoisotopic (exact) mass is 238 g/mol. The van der Waals surface area contributed by atoms with Crippen molar-refractivity contribution < 1.29 is 22.8 Å². The summed E-state index contributed by atoms with van der Waals surface area (Å²) in [6.45, 7) is -1.69. The summed E-state index contributed by atoms with van der Waals surface area (Å²) < 4.78 is 39.6. The molecule has 1 heterocycles. The number of hydrogen-bond donors (Lipinski definition) is 1. The molecule has 0 radical (unpaired) electrons. The van der Waals surface area contributed by atoms with E-state index in [1.54, 1.807) is 0 Å². The number of rotatable bonds is 3. The Morgan fingerprint density at radius 3 is 2.69 bits per heavy atom. The Kier molecular flexibility index (Phi) is 3.11. The predicted molar refractivity (Wildman–Crippen MR) is 44.6 cm³/mol. The van der Waals surface area contributed by atoms with Crippen LogP contribution in [0.15, 0.2) is 6.20 Å². The molecule has 0 aromatic carbocycles. The predicted octanol–water partition coefficient (Wildman–Crippen LogP) is 0.908. The van der Waals surface area contributed by atoms with Crippen LogP contribution in [0.25, 0.3) is 0 Å². The average molecular weight is 238 g/mol. The molecule has 16 heavy (non-hydrogen) atoms. The van der Waals surface area contributed by atoms with Gasteiger partial charge in [-0.3, -0.25) is 10.1 Å². The summed E-state index contributed by atoms with van der Waals surface area (Å²) >= 11 is 0. The van der Waals surface area contributed by atoms with Gasteiger partial charge in [-0.1, -0.05) is 0 Å². The molecule has 0 aliphatic carbocycles. The van der Waals surface area contributed by atoms with Gasteiger partial charge in [0, 0.05) is 0 Å². The van der Waals surface area contributed by atoms with Crippen LogP contribution in [0.2, 0.25) is 0 Å². The van der Waals surface area contributed by atoms with Crippen molar-refractivity contribution in [2.24, 2.45) is 0 Å². The highest BCUT2D eigenvalue weighted by Gasteiger charge is 2.30. The van der Waals surface area contributed by atoms with Crippen molar-refractivity contribution in [1.82, 2.24) is 9.97 Å². The minimum absolute atomic E-state index is 0.414. The van der Waals surface area contributed by atoms with E-state index in [1.165, 1.54) is 0 Å². The number of alkyl halides is 3. The lowest BCUT2D eigenvalue weighted by molar-refractivity contribution is -0.386. The summed E-state index contributed by atoms with van der Waals surface area (Å²) in [6, 6.07) is 0. The Morgan fingerprint density at radius 2 is 2.19 bits per heavy atom. The summed E-state index contributed by atoms with van der Waals surface area (Å²) in [5, 5.41) is 10.4. The van der Waals surface area contributed by atoms with E-state index in [0.29, 0.717) is 6.20 Å². The topological polar surface area (TPSA) is 104 Å². The second-order valence-corrected chi connectivity index (χ2v) is 2.58. The summed E-state index contributed by atoms with van der Waals surface area (Å²) in [7, 11) is 0. The third-order valence-corrected chi connectivity index (χ3v) is 1.32. The maximum Gasteiger partial charge on any atom is 0.422 e. The fraction of sp³-hybridized carbons (Fsp3) is 0.333. The molecule has 7 nitrogen and oxygen atoms in total. The summed E-state index contributed by atoms with van der Waals surface area (Å²) in [5.74, 6) is -1.22. The molecule has 1 aromatic rings. The van der Waals surface area contributed by atoms with Gasteiger partial charge in [0.2, 0.25) is 5.95 Å². The van der Waals surface area contributed by atoms with Crippen LogP contribution in [-0.4, -0.2) is 27.7 Å². The van der Waals surface area contributed by atoms with Gasteiger partial charge in [0.25, 0.3) is 5.88 Å². The molecule has 0 atom stereocenters. The Labute approximate surface area is 86.2 Å². The van der Waals surface area contributed by atoms with Gasteiger partial charge in [-0.05, 0) is 0 Å². The van der Waals surface area contributed by atoms with Crippen LogP contribution in [0, 0.1) is 10.1 Å². The molecule has 2 N–H and O–H groups in total. The SMILES string of the molecule is Nc1ncc([N+](=O)[O-])c(OCC(F)(F)F)n1. The Morgan fingerprint density at radius 1 is 1.56 bits per heavy atom. The lowest BCUT2D eigenvalue weighted by atomic mass is 10.5. The molecule has 0 aliphatic rings. The molecule has 10 heteroatoms. The number of ether oxygens (including phenoxy) is 1. The zero-order chi connectivity index (χ0) is 12.3. The second-order valence-electron chi connectivity index (χ2n) is 2.58. The van der Waals surface area contributed by atoms with E-state index in [0.717, 1.165) is 0 Å². The minimum Gasteiger partial charge on any atom is -0.463 e. The van der Waals surface area contributed by atoms with Crippen molar-refractivity contribution in [3.05, 3.63) is 16.3 Å². The molecule has 1 rings (SSSR count). The quantitative estimate of drug-likeness (QED) is 0.619. The average Bonchev–Trinajstić information content (AvgIpc) is 2.13. The first-order valence-corrected chi connectivity index (χ1v) is 3.76. The van der Waals surface area contributed by atoms with Crippen LogP contribution in [0.1, 0.15) is 0 Å². The number of nitrogens with zero attached hydrogens (tertiary/aromatic N) is 3. The number of hydrogen-bond acceptors (Lipinski definition) is 6. The Hall–Kier alpha value is -2.13. The molecular formula is C6H5F3N4O3. The highest BCUT2D eigenvalue weighted by molar-refractivity contribution is 5.41. The fourth-order valence-corrected chi connectivity index (χ4v) is 0.754. The van der Waals surface area contributed by atoms with Gasteiger partial charge in [-0.15, -0.1) is 0 Å². The van der Waals surface area contributed by atoms with Crippen LogP contribution in [0.5, 0.6) is 5.88 Å². The molecular weight excluding hydrogens is 233 g/mol. The fourth-order valence-electron chi connectivity index (χ4n) is 0.754. The number of halogens is 3. The first kappa shape index (κ1) is 11.9. The zero-order valence-electron chi connectivity index (χ0n) is 7.56. The highest BCUT2D eigenvalue weighted by Crippen LogP contribution is 2.25. The Balaban J connectivity index is 2.93.